The fraction of sp³-hybridized carbons (Fsp3) is 0.267. The van der Waals surface area contributed by atoms with Crippen molar-refractivity contribution in [2.45, 2.75) is 19.4 Å². The highest BCUT2D eigenvalue weighted by atomic mass is 16.3. The average molecular weight is 242 g/mol. The highest BCUT2D eigenvalue weighted by Crippen LogP contribution is 2.23. The molecule has 1 unspecified atom stereocenters. The van der Waals surface area contributed by atoms with Gasteiger partial charge in [-0.05, 0) is 30.2 Å². The van der Waals surface area contributed by atoms with Crippen LogP contribution in [-0.4, -0.2) is 17.1 Å². The third kappa shape index (κ3) is 2.68. The molecule has 1 atom stereocenters. The molecule has 0 saturated carbocycles. The van der Waals surface area contributed by atoms with Gasteiger partial charge in [0.1, 0.15) is 5.82 Å². The first-order valence-corrected chi connectivity index (χ1v) is 6.15. The molecule has 0 fully saturated rings. The first-order chi connectivity index (χ1) is 8.72. The van der Waals surface area contributed by atoms with E-state index in [2.05, 4.69) is 4.98 Å². The Labute approximate surface area is 108 Å². The van der Waals surface area contributed by atoms with E-state index in [0.29, 0.717) is 6.42 Å². The summed E-state index contributed by atoms with van der Waals surface area (Å²) in [7, 11) is 1.98. The molecule has 0 saturated heterocycles. The SMILES string of the molecule is CCC(O)c1ccc(N(C)c2ccccc2)nc1. The molecule has 0 spiro atoms. The molecule has 1 N–H and O–H groups in total. The zero-order valence-corrected chi connectivity index (χ0v) is 10.7. The zero-order valence-electron chi connectivity index (χ0n) is 10.7. The van der Waals surface area contributed by atoms with Crippen molar-refractivity contribution >= 4 is 11.5 Å². The molecule has 3 nitrogen and oxygen atoms in total. The third-order valence-electron chi connectivity index (χ3n) is 3.03. The Morgan fingerprint density at radius 3 is 2.44 bits per heavy atom. The van der Waals surface area contributed by atoms with Crippen molar-refractivity contribution in [3.05, 3.63) is 54.2 Å². The maximum atomic E-state index is 9.72. The minimum absolute atomic E-state index is 0.423. The Morgan fingerprint density at radius 2 is 1.89 bits per heavy atom. The molecule has 0 amide bonds. The molecule has 0 aliphatic rings. The van der Waals surface area contributed by atoms with Gasteiger partial charge in [-0.3, -0.25) is 0 Å². The average Bonchev–Trinajstić information content (AvgIpc) is 2.47. The summed E-state index contributed by atoms with van der Waals surface area (Å²) >= 11 is 0. The van der Waals surface area contributed by atoms with Crippen molar-refractivity contribution in [2.75, 3.05) is 11.9 Å². The molecule has 1 aromatic heterocycles. The summed E-state index contributed by atoms with van der Waals surface area (Å²) < 4.78 is 0. The van der Waals surface area contributed by atoms with Crippen LogP contribution >= 0.6 is 0 Å². The lowest BCUT2D eigenvalue weighted by Gasteiger charge is -2.18. The minimum Gasteiger partial charge on any atom is -0.388 e. The Kier molecular flexibility index (Phi) is 3.95. The molecule has 0 aliphatic heterocycles. The number of anilines is 2. The van der Waals surface area contributed by atoms with Gasteiger partial charge in [-0.1, -0.05) is 31.2 Å². The van der Waals surface area contributed by atoms with Crippen molar-refractivity contribution in [3.63, 3.8) is 0 Å². The lowest BCUT2D eigenvalue weighted by atomic mass is 10.1. The van der Waals surface area contributed by atoms with E-state index < -0.39 is 6.10 Å². The predicted molar refractivity (Wildman–Crippen MR) is 74.0 cm³/mol. The molecule has 3 heteroatoms. The smallest absolute Gasteiger partial charge is 0.132 e. The molecule has 1 aromatic carbocycles. The number of aromatic nitrogens is 1. The van der Waals surface area contributed by atoms with Crippen molar-refractivity contribution < 1.29 is 5.11 Å². The van der Waals surface area contributed by atoms with Gasteiger partial charge in [0, 0.05) is 18.9 Å². The molecular weight excluding hydrogens is 224 g/mol. The van der Waals surface area contributed by atoms with E-state index in [9.17, 15) is 5.11 Å². The van der Waals surface area contributed by atoms with Gasteiger partial charge >= 0.3 is 0 Å². The highest BCUT2D eigenvalue weighted by molar-refractivity contribution is 5.58. The first-order valence-electron chi connectivity index (χ1n) is 6.15. The second-order valence-electron chi connectivity index (χ2n) is 4.27. The number of rotatable bonds is 4. The Morgan fingerprint density at radius 1 is 1.17 bits per heavy atom. The van der Waals surface area contributed by atoms with Crippen LogP contribution in [0.1, 0.15) is 25.0 Å². The first kappa shape index (κ1) is 12.6. The normalized spacial score (nSPS) is 12.2. The topological polar surface area (TPSA) is 36.4 Å². The summed E-state index contributed by atoms with van der Waals surface area (Å²) in [4.78, 5) is 6.41. The Hall–Kier alpha value is -1.87. The van der Waals surface area contributed by atoms with Gasteiger partial charge in [-0.25, -0.2) is 4.98 Å². The number of aliphatic hydroxyl groups is 1. The molecule has 0 bridgehead atoms. The molecule has 0 aliphatic carbocycles. The van der Waals surface area contributed by atoms with Crippen LogP contribution in [0, 0.1) is 0 Å². The van der Waals surface area contributed by atoms with Crippen LogP contribution in [0.25, 0.3) is 0 Å². The molecule has 0 radical (unpaired) electrons. The maximum absolute atomic E-state index is 9.72. The molecule has 2 rings (SSSR count). The molecule has 94 valence electrons. The summed E-state index contributed by atoms with van der Waals surface area (Å²) in [5.74, 6) is 0.869. The predicted octanol–water partition coefficient (Wildman–Crippen LogP) is 3.29. The van der Waals surface area contributed by atoms with Gasteiger partial charge in [0.15, 0.2) is 0 Å². The van der Waals surface area contributed by atoms with Crippen molar-refractivity contribution in [1.29, 1.82) is 0 Å². The number of benzene rings is 1. The second kappa shape index (κ2) is 5.65. The van der Waals surface area contributed by atoms with E-state index in [-0.39, 0.29) is 0 Å². The van der Waals surface area contributed by atoms with Crippen molar-refractivity contribution in [1.82, 2.24) is 4.98 Å². The summed E-state index contributed by atoms with van der Waals surface area (Å²) in [5, 5.41) is 9.72. The van der Waals surface area contributed by atoms with Gasteiger partial charge < -0.3 is 10.0 Å². The van der Waals surface area contributed by atoms with Crippen LogP contribution in [0.15, 0.2) is 48.7 Å². The van der Waals surface area contributed by atoms with E-state index in [4.69, 9.17) is 0 Å². The highest BCUT2D eigenvalue weighted by Gasteiger charge is 2.08. The van der Waals surface area contributed by atoms with Crippen LogP contribution in [0.3, 0.4) is 0 Å². The maximum Gasteiger partial charge on any atom is 0.132 e. The van der Waals surface area contributed by atoms with Gasteiger partial charge in [0.2, 0.25) is 0 Å². The number of pyridine rings is 1. The van der Waals surface area contributed by atoms with Crippen LogP contribution < -0.4 is 4.90 Å². The van der Waals surface area contributed by atoms with E-state index >= 15 is 0 Å². The Balaban J connectivity index is 2.19. The van der Waals surface area contributed by atoms with E-state index in [1.54, 1.807) is 6.20 Å². The van der Waals surface area contributed by atoms with Crippen LogP contribution in [0.4, 0.5) is 11.5 Å². The molecule has 1 heterocycles. The minimum atomic E-state index is -0.423. The number of para-hydroxylation sites is 1. The van der Waals surface area contributed by atoms with Gasteiger partial charge in [-0.2, -0.15) is 0 Å². The standard InChI is InChI=1S/C15H18N2O/c1-3-14(18)12-9-10-15(16-11-12)17(2)13-7-5-4-6-8-13/h4-11,14,18H,3H2,1-2H3. The third-order valence-corrected chi connectivity index (χ3v) is 3.03. The summed E-state index contributed by atoms with van der Waals surface area (Å²) in [5.41, 5.74) is 1.96. The summed E-state index contributed by atoms with van der Waals surface area (Å²) in [6.45, 7) is 1.95. The quantitative estimate of drug-likeness (QED) is 0.893. The van der Waals surface area contributed by atoms with E-state index in [1.165, 1.54) is 0 Å². The van der Waals surface area contributed by atoms with Gasteiger partial charge in [0.25, 0.3) is 0 Å². The monoisotopic (exact) mass is 242 g/mol. The van der Waals surface area contributed by atoms with Crippen molar-refractivity contribution in [2.24, 2.45) is 0 Å². The lowest BCUT2D eigenvalue weighted by molar-refractivity contribution is 0.173. The fourth-order valence-electron chi connectivity index (χ4n) is 1.81. The Bertz CT molecular complexity index is 482. The number of hydrogen-bond acceptors (Lipinski definition) is 3. The van der Waals surface area contributed by atoms with Gasteiger partial charge in [-0.15, -0.1) is 0 Å². The number of aliphatic hydroxyl groups excluding tert-OH is 1. The van der Waals surface area contributed by atoms with E-state index in [1.807, 2.05) is 61.3 Å². The molecule has 2 aromatic rings. The molecule has 18 heavy (non-hydrogen) atoms. The van der Waals surface area contributed by atoms with Crippen molar-refractivity contribution in [3.8, 4) is 0 Å². The number of hydrogen-bond donors (Lipinski definition) is 1. The van der Waals surface area contributed by atoms with E-state index in [0.717, 1.165) is 17.1 Å². The summed E-state index contributed by atoms with van der Waals surface area (Å²) in [6.07, 6.45) is 2.02. The second-order valence-corrected chi connectivity index (χ2v) is 4.27. The lowest BCUT2D eigenvalue weighted by Crippen LogP contribution is -2.11. The van der Waals surface area contributed by atoms with Crippen LogP contribution in [-0.2, 0) is 0 Å². The fourth-order valence-corrected chi connectivity index (χ4v) is 1.81. The van der Waals surface area contributed by atoms with Gasteiger partial charge in [0.05, 0.1) is 6.10 Å². The molecular formula is C15H18N2O. The largest absolute Gasteiger partial charge is 0.388 e. The zero-order chi connectivity index (χ0) is 13.0. The summed E-state index contributed by atoms with van der Waals surface area (Å²) in [6, 6.07) is 13.9. The van der Waals surface area contributed by atoms with Crippen LogP contribution in [0.5, 0.6) is 0 Å². The number of nitrogens with zero attached hydrogens (tertiary/aromatic N) is 2. The van der Waals surface area contributed by atoms with Crippen LogP contribution in [0.2, 0.25) is 0 Å².